The van der Waals surface area contributed by atoms with Gasteiger partial charge < -0.3 is 15.4 Å². The summed E-state index contributed by atoms with van der Waals surface area (Å²) >= 11 is 0. The summed E-state index contributed by atoms with van der Waals surface area (Å²) in [4.78, 5) is 46.3. The lowest BCUT2D eigenvalue weighted by Gasteiger charge is -2.40. The second-order valence-electron chi connectivity index (χ2n) is 9.40. The Morgan fingerprint density at radius 1 is 1.14 bits per heavy atom. The van der Waals surface area contributed by atoms with Crippen molar-refractivity contribution in [1.29, 1.82) is 0 Å². The number of ether oxygens (including phenoxy) is 1. The molecule has 1 aromatic heterocycles. The summed E-state index contributed by atoms with van der Waals surface area (Å²) in [5.41, 5.74) is 2.75. The lowest BCUT2D eigenvalue weighted by atomic mass is 10.0. The van der Waals surface area contributed by atoms with Gasteiger partial charge in [0.15, 0.2) is 0 Å². The fourth-order valence-electron chi connectivity index (χ4n) is 3.96. The second kappa shape index (κ2) is 10.7. The Bertz CT molecular complexity index is 1330. The Hall–Kier alpha value is -4.11. The normalized spacial score (nSPS) is 15.6. The van der Waals surface area contributed by atoms with Crippen molar-refractivity contribution in [3.63, 3.8) is 0 Å². The van der Waals surface area contributed by atoms with E-state index in [4.69, 9.17) is 4.74 Å². The topological polar surface area (TPSA) is 114 Å². The van der Waals surface area contributed by atoms with Gasteiger partial charge in [0.1, 0.15) is 24.5 Å². The lowest BCUT2D eigenvalue weighted by molar-refractivity contribution is -0.159. The van der Waals surface area contributed by atoms with Crippen LogP contribution in [0.5, 0.6) is 0 Å². The molecule has 0 saturated carbocycles. The SMILES string of the molecule is CC(=O)Cc1cccc(Nc2ncnc3ccc(NC(=O)C=CCN4CC(=O)OCC4(C)C)cc23)c1. The van der Waals surface area contributed by atoms with Gasteiger partial charge in [-0.1, -0.05) is 18.2 Å². The van der Waals surface area contributed by atoms with E-state index >= 15 is 0 Å². The number of Topliss-reactive ketones (excluding diaryl/α,β-unsaturated/α-hetero) is 1. The Morgan fingerprint density at radius 3 is 2.78 bits per heavy atom. The average Bonchev–Trinajstić information content (AvgIpc) is 2.82. The predicted octanol–water partition coefficient (Wildman–Crippen LogP) is 3.64. The fraction of sp³-hybridized carbons (Fsp3) is 0.296. The standard InChI is InChI=1S/C27H29N5O4/c1-18(33)12-19-6-4-7-20(13-19)31-26-22-14-21(9-10-23(22)28-17-29-26)30-24(34)8-5-11-32-15-25(35)36-16-27(32,2)3/h4-10,13-14,17H,11-12,15-16H2,1-3H3,(H,30,34)(H,28,29,31). The Labute approximate surface area is 209 Å². The summed E-state index contributed by atoms with van der Waals surface area (Å²) in [6.45, 7) is 6.52. The largest absolute Gasteiger partial charge is 0.463 e. The first-order valence-corrected chi connectivity index (χ1v) is 11.7. The number of morpholine rings is 1. The number of carbonyl (C=O) groups excluding carboxylic acids is 3. The highest BCUT2D eigenvalue weighted by Gasteiger charge is 2.33. The number of anilines is 3. The maximum absolute atomic E-state index is 12.5. The summed E-state index contributed by atoms with van der Waals surface area (Å²) in [5, 5.41) is 6.90. The second-order valence-corrected chi connectivity index (χ2v) is 9.40. The smallest absolute Gasteiger partial charge is 0.320 e. The number of cyclic esters (lactones) is 1. The van der Waals surface area contributed by atoms with Crippen molar-refractivity contribution in [3.05, 3.63) is 66.5 Å². The molecule has 0 radical (unpaired) electrons. The van der Waals surface area contributed by atoms with Gasteiger partial charge >= 0.3 is 5.97 Å². The van der Waals surface area contributed by atoms with Gasteiger partial charge in [0.2, 0.25) is 5.91 Å². The maximum atomic E-state index is 12.5. The van der Waals surface area contributed by atoms with Crippen LogP contribution >= 0.6 is 0 Å². The molecule has 9 heteroatoms. The molecule has 1 aliphatic rings. The molecule has 1 saturated heterocycles. The molecule has 2 aromatic carbocycles. The molecule has 1 amide bonds. The van der Waals surface area contributed by atoms with Gasteiger partial charge in [-0.2, -0.15) is 0 Å². The third-order valence-electron chi connectivity index (χ3n) is 5.90. The van der Waals surface area contributed by atoms with Crippen LogP contribution in [0.3, 0.4) is 0 Å². The third kappa shape index (κ3) is 6.31. The number of hydrogen-bond donors (Lipinski definition) is 2. The van der Waals surface area contributed by atoms with Gasteiger partial charge in [-0.3, -0.25) is 19.3 Å². The van der Waals surface area contributed by atoms with Crippen molar-refractivity contribution >= 4 is 45.8 Å². The molecule has 1 aliphatic heterocycles. The van der Waals surface area contributed by atoms with Gasteiger partial charge in [0.25, 0.3) is 0 Å². The van der Waals surface area contributed by atoms with Crippen molar-refractivity contribution in [3.8, 4) is 0 Å². The number of esters is 1. The highest BCUT2D eigenvalue weighted by molar-refractivity contribution is 6.01. The van der Waals surface area contributed by atoms with Crippen LogP contribution in [0.25, 0.3) is 10.9 Å². The minimum Gasteiger partial charge on any atom is -0.463 e. The zero-order valence-corrected chi connectivity index (χ0v) is 20.6. The zero-order valence-electron chi connectivity index (χ0n) is 20.6. The van der Waals surface area contributed by atoms with Crippen LogP contribution in [0.2, 0.25) is 0 Å². The predicted molar refractivity (Wildman–Crippen MR) is 138 cm³/mol. The number of nitrogens with zero attached hydrogens (tertiary/aromatic N) is 3. The molecule has 2 heterocycles. The van der Waals surface area contributed by atoms with Crippen LogP contribution in [0.1, 0.15) is 26.3 Å². The number of hydrogen-bond acceptors (Lipinski definition) is 8. The monoisotopic (exact) mass is 487 g/mol. The molecule has 0 spiro atoms. The van der Waals surface area contributed by atoms with E-state index in [9.17, 15) is 14.4 Å². The number of benzene rings is 2. The van der Waals surface area contributed by atoms with E-state index in [0.717, 1.165) is 22.2 Å². The first-order chi connectivity index (χ1) is 17.2. The van der Waals surface area contributed by atoms with E-state index in [2.05, 4.69) is 20.6 Å². The first-order valence-electron chi connectivity index (χ1n) is 11.7. The van der Waals surface area contributed by atoms with Crippen LogP contribution in [0.4, 0.5) is 17.2 Å². The highest BCUT2D eigenvalue weighted by atomic mass is 16.5. The highest BCUT2D eigenvalue weighted by Crippen LogP contribution is 2.26. The summed E-state index contributed by atoms with van der Waals surface area (Å²) in [6, 6.07) is 13.0. The molecule has 0 atom stereocenters. The summed E-state index contributed by atoms with van der Waals surface area (Å²) in [7, 11) is 0. The molecular weight excluding hydrogens is 458 g/mol. The van der Waals surface area contributed by atoms with E-state index in [1.165, 1.54) is 12.4 Å². The summed E-state index contributed by atoms with van der Waals surface area (Å²) in [6.07, 6.45) is 5.04. The Kier molecular flexibility index (Phi) is 7.40. The van der Waals surface area contributed by atoms with Crippen molar-refractivity contribution in [2.45, 2.75) is 32.7 Å². The van der Waals surface area contributed by atoms with Crippen LogP contribution in [0.15, 0.2) is 60.9 Å². The molecule has 9 nitrogen and oxygen atoms in total. The molecule has 1 fully saturated rings. The van der Waals surface area contributed by atoms with E-state index < -0.39 is 0 Å². The number of ketones is 1. The molecule has 3 aromatic rings. The molecular formula is C27H29N5O4. The minimum absolute atomic E-state index is 0.0937. The van der Waals surface area contributed by atoms with Gasteiger partial charge in [-0.25, -0.2) is 9.97 Å². The van der Waals surface area contributed by atoms with Crippen molar-refractivity contribution in [1.82, 2.24) is 14.9 Å². The quantitative estimate of drug-likeness (QED) is 0.366. The fourth-order valence-corrected chi connectivity index (χ4v) is 3.96. The molecule has 186 valence electrons. The van der Waals surface area contributed by atoms with Crippen LogP contribution in [0, 0.1) is 0 Å². The van der Waals surface area contributed by atoms with Crippen LogP contribution < -0.4 is 10.6 Å². The third-order valence-corrected chi connectivity index (χ3v) is 5.90. The Balaban J connectivity index is 1.46. The average molecular weight is 488 g/mol. The Morgan fingerprint density at radius 2 is 1.97 bits per heavy atom. The minimum atomic E-state index is -0.290. The number of nitrogens with one attached hydrogen (secondary N) is 2. The van der Waals surface area contributed by atoms with Gasteiger partial charge in [0.05, 0.1) is 17.6 Å². The molecule has 0 unspecified atom stereocenters. The van der Waals surface area contributed by atoms with Gasteiger partial charge in [0, 0.05) is 35.8 Å². The molecule has 0 aliphatic carbocycles. The van der Waals surface area contributed by atoms with Crippen LogP contribution in [-0.4, -0.2) is 57.8 Å². The maximum Gasteiger partial charge on any atom is 0.320 e. The van der Waals surface area contributed by atoms with Crippen molar-refractivity contribution in [2.24, 2.45) is 0 Å². The van der Waals surface area contributed by atoms with E-state index in [-0.39, 0.29) is 29.7 Å². The number of fused-ring (bicyclic) bond motifs is 1. The zero-order chi connectivity index (χ0) is 25.7. The first kappa shape index (κ1) is 25.0. The summed E-state index contributed by atoms with van der Waals surface area (Å²) < 4.78 is 5.12. The molecule has 0 bridgehead atoms. The lowest BCUT2D eigenvalue weighted by Crippen LogP contribution is -2.54. The number of aromatic nitrogens is 2. The molecule has 36 heavy (non-hydrogen) atoms. The number of rotatable bonds is 8. The van der Waals surface area contributed by atoms with Crippen molar-refractivity contribution in [2.75, 3.05) is 30.3 Å². The van der Waals surface area contributed by atoms with Crippen LogP contribution in [-0.2, 0) is 25.5 Å². The number of amides is 1. The van der Waals surface area contributed by atoms with E-state index in [1.807, 2.05) is 55.1 Å². The van der Waals surface area contributed by atoms with E-state index in [0.29, 0.717) is 31.1 Å². The molecule has 4 rings (SSSR count). The van der Waals surface area contributed by atoms with Gasteiger partial charge in [-0.05, 0) is 56.7 Å². The molecule has 2 N–H and O–H groups in total. The number of carbonyl (C=O) groups is 3. The van der Waals surface area contributed by atoms with Gasteiger partial charge in [-0.15, -0.1) is 0 Å². The van der Waals surface area contributed by atoms with E-state index in [1.54, 1.807) is 19.1 Å². The van der Waals surface area contributed by atoms with Crippen molar-refractivity contribution < 1.29 is 19.1 Å². The summed E-state index contributed by atoms with van der Waals surface area (Å²) in [5.74, 6) is 0.137.